The summed E-state index contributed by atoms with van der Waals surface area (Å²) in [5.74, 6) is -2.40. The number of carbonyl (C=O) groups is 2. The maximum atomic E-state index is 13.9. The quantitative estimate of drug-likeness (QED) is 0.874. The predicted octanol–water partition coefficient (Wildman–Crippen LogP) is 3.18. The topological polar surface area (TPSA) is 83.6 Å². The summed E-state index contributed by atoms with van der Waals surface area (Å²) in [7, 11) is 1.35. The maximum absolute atomic E-state index is 13.9. The molecule has 8 heteroatoms. The molecule has 1 amide bonds. The molecule has 0 spiro atoms. The Morgan fingerprint density at radius 2 is 2.04 bits per heavy atom. The van der Waals surface area contributed by atoms with E-state index < -0.39 is 23.2 Å². The lowest BCUT2D eigenvalue weighted by atomic mass is 10.0. The molecule has 1 N–H and O–H groups in total. The monoisotopic (exact) mass is 384 g/mol. The smallest absolute Gasteiger partial charge is 0.329 e. The minimum atomic E-state index is -1.42. The summed E-state index contributed by atoms with van der Waals surface area (Å²) in [6.07, 6.45) is 1.08. The number of carboxylic acid groups (broad SMARTS) is 1. The fourth-order valence-electron chi connectivity index (χ4n) is 1.73. The number of carbonyl (C=O) groups excluding carboxylic acids is 1. The van der Waals surface area contributed by atoms with Gasteiger partial charge in [0, 0.05) is 11.5 Å². The van der Waals surface area contributed by atoms with Crippen LogP contribution in [0.15, 0.2) is 33.4 Å². The van der Waals surface area contributed by atoms with Crippen molar-refractivity contribution in [2.75, 3.05) is 7.05 Å². The highest BCUT2D eigenvalue weighted by Gasteiger charge is 2.36. The molecule has 2 aromatic rings. The molecular formula is C15H14BrFN2O4. The molecule has 0 unspecified atom stereocenters. The second kappa shape index (κ2) is 6.11. The summed E-state index contributed by atoms with van der Waals surface area (Å²) in [6, 6.07) is 4.33. The van der Waals surface area contributed by atoms with Crippen LogP contribution in [0.1, 0.15) is 24.3 Å². The van der Waals surface area contributed by atoms with Gasteiger partial charge in [0.15, 0.2) is 5.69 Å². The number of oxazole rings is 1. The highest BCUT2D eigenvalue weighted by atomic mass is 79.9. The fraction of sp³-hybridized carbons (Fsp3) is 0.267. The Morgan fingerprint density at radius 1 is 1.39 bits per heavy atom. The Hall–Kier alpha value is -2.22. The van der Waals surface area contributed by atoms with Crippen LogP contribution in [0, 0.1) is 5.82 Å². The molecule has 0 atom stereocenters. The largest absolute Gasteiger partial charge is 0.480 e. The first kappa shape index (κ1) is 17.1. The molecular weight excluding hydrogens is 371 g/mol. The van der Waals surface area contributed by atoms with Crippen molar-refractivity contribution >= 4 is 27.8 Å². The van der Waals surface area contributed by atoms with E-state index in [4.69, 9.17) is 9.52 Å². The van der Waals surface area contributed by atoms with Gasteiger partial charge in [0.1, 0.15) is 17.6 Å². The highest BCUT2D eigenvalue weighted by molar-refractivity contribution is 9.10. The average molecular weight is 385 g/mol. The van der Waals surface area contributed by atoms with E-state index in [0.717, 1.165) is 11.2 Å². The van der Waals surface area contributed by atoms with Crippen LogP contribution < -0.4 is 0 Å². The molecule has 122 valence electrons. The summed E-state index contributed by atoms with van der Waals surface area (Å²) in [5, 5.41) is 9.16. The Kier molecular flexibility index (Phi) is 4.56. The fourth-order valence-corrected chi connectivity index (χ4v) is 2.06. The summed E-state index contributed by atoms with van der Waals surface area (Å²) < 4.78 is 19.6. The highest BCUT2D eigenvalue weighted by Crippen LogP contribution is 2.26. The van der Waals surface area contributed by atoms with Gasteiger partial charge in [-0.15, -0.1) is 0 Å². The van der Waals surface area contributed by atoms with Crippen LogP contribution in [0.5, 0.6) is 0 Å². The number of rotatable bonds is 4. The number of nitrogens with zero attached hydrogens (tertiary/aromatic N) is 2. The van der Waals surface area contributed by atoms with Crippen LogP contribution in [-0.2, 0) is 4.79 Å². The van der Waals surface area contributed by atoms with Crippen molar-refractivity contribution in [1.82, 2.24) is 9.88 Å². The number of carboxylic acids is 1. The number of benzene rings is 1. The van der Waals surface area contributed by atoms with Crippen LogP contribution >= 0.6 is 15.9 Å². The van der Waals surface area contributed by atoms with E-state index in [2.05, 4.69) is 20.9 Å². The zero-order valence-corrected chi connectivity index (χ0v) is 14.2. The van der Waals surface area contributed by atoms with Gasteiger partial charge in [-0.3, -0.25) is 4.79 Å². The molecule has 0 saturated heterocycles. The minimum Gasteiger partial charge on any atom is -0.480 e. The van der Waals surface area contributed by atoms with Crippen molar-refractivity contribution in [1.29, 1.82) is 0 Å². The van der Waals surface area contributed by atoms with Crippen molar-refractivity contribution in [2.24, 2.45) is 0 Å². The molecule has 1 aromatic heterocycles. The third-order valence-electron chi connectivity index (χ3n) is 3.55. The van der Waals surface area contributed by atoms with E-state index >= 15 is 0 Å². The number of aliphatic carboxylic acids is 1. The molecule has 6 nitrogen and oxygen atoms in total. The van der Waals surface area contributed by atoms with Crippen LogP contribution in [-0.4, -0.2) is 39.5 Å². The summed E-state index contributed by atoms with van der Waals surface area (Å²) >= 11 is 3.14. The summed E-state index contributed by atoms with van der Waals surface area (Å²) in [5.41, 5.74) is -1.41. The second-order valence-corrected chi connectivity index (χ2v) is 6.31. The standard InChI is InChI=1S/C15H14BrFN2O4/c1-15(2,14(21)22)19(3)13(20)11-7-23-12(18-11)9-5-4-8(16)6-10(9)17/h4-7H,1-3H3,(H,21,22). The molecule has 0 aliphatic heterocycles. The van der Waals surface area contributed by atoms with Crippen molar-refractivity contribution in [3.63, 3.8) is 0 Å². The van der Waals surface area contributed by atoms with Gasteiger partial charge in [-0.2, -0.15) is 0 Å². The number of hydrogen-bond donors (Lipinski definition) is 1. The van der Waals surface area contributed by atoms with Gasteiger partial charge in [0.2, 0.25) is 5.89 Å². The number of halogens is 2. The first-order valence-corrected chi connectivity index (χ1v) is 7.36. The van der Waals surface area contributed by atoms with Gasteiger partial charge >= 0.3 is 5.97 Å². The summed E-state index contributed by atoms with van der Waals surface area (Å²) in [6.45, 7) is 2.78. The molecule has 0 aliphatic carbocycles. The lowest BCUT2D eigenvalue weighted by molar-refractivity contribution is -0.147. The van der Waals surface area contributed by atoms with Gasteiger partial charge in [-0.25, -0.2) is 14.2 Å². The van der Waals surface area contributed by atoms with Crippen molar-refractivity contribution in [2.45, 2.75) is 19.4 Å². The van der Waals surface area contributed by atoms with Crippen molar-refractivity contribution in [3.8, 4) is 11.5 Å². The number of aromatic nitrogens is 1. The van der Waals surface area contributed by atoms with Gasteiger partial charge in [-0.1, -0.05) is 15.9 Å². The van der Waals surface area contributed by atoms with E-state index in [-0.39, 0.29) is 17.1 Å². The molecule has 0 aliphatic rings. The molecule has 0 saturated carbocycles. The van der Waals surface area contributed by atoms with Gasteiger partial charge in [-0.05, 0) is 32.0 Å². The zero-order chi connectivity index (χ0) is 17.4. The SMILES string of the molecule is CN(C(=O)c1coc(-c2ccc(Br)cc2F)n1)C(C)(C)C(=O)O. The van der Waals surface area contributed by atoms with Crippen LogP contribution in [0.25, 0.3) is 11.5 Å². The van der Waals surface area contributed by atoms with Crippen LogP contribution in [0.3, 0.4) is 0 Å². The van der Waals surface area contributed by atoms with Crippen LogP contribution in [0.2, 0.25) is 0 Å². The lowest BCUT2D eigenvalue weighted by Crippen LogP contribution is -2.50. The molecule has 1 heterocycles. The Balaban J connectivity index is 2.32. The average Bonchev–Trinajstić information content (AvgIpc) is 2.95. The van der Waals surface area contributed by atoms with Gasteiger partial charge in [0.25, 0.3) is 5.91 Å². The van der Waals surface area contributed by atoms with E-state index in [9.17, 15) is 14.0 Å². The van der Waals surface area contributed by atoms with Crippen LogP contribution in [0.4, 0.5) is 4.39 Å². The Morgan fingerprint density at radius 3 is 2.61 bits per heavy atom. The first-order valence-electron chi connectivity index (χ1n) is 6.57. The molecule has 0 bridgehead atoms. The lowest BCUT2D eigenvalue weighted by Gasteiger charge is -2.30. The van der Waals surface area contributed by atoms with Crippen molar-refractivity contribution in [3.05, 3.63) is 40.4 Å². The van der Waals surface area contributed by atoms with E-state index in [0.29, 0.717) is 4.47 Å². The third kappa shape index (κ3) is 3.26. The second-order valence-electron chi connectivity index (χ2n) is 5.39. The normalized spacial score (nSPS) is 11.3. The molecule has 2 rings (SSSR count). The van der Waals surface area contributed by atoms with E-state index in [1.165, 1.54) is 33.0 Å². The molecule has 23 heavy (non-hydrogen) atoms. The maximum Gasteiger partial charge on any atom is 0.329 e. The predicted molar refractivity (Wildman–Crippen MR) is 83.4 cm³/mol. The number of likely N-dealkylation sites (N-methyl/N-ethyl adjacent to an activating group) is 1. The Labute approximate surface area is 140 Å². The zero-order valence-electron chi connectivity index (χ0n) is 12.6. The third-order valence-corrected chi connectivity index (χ3v) is 4.04. The van der Waals surface area contributed by atoms with Gasteiger partial charge in [0.05, 0.1) is 5.56 Å². The minimum absolute atomic E-state index is 0.0557. The summed E-state index contributed by atoms with van der Waals surface area (Å²) in [4.78, 5) is 28.5. The van der Waals surface area contributed by atoms with Crippen molar-refractivity contribution < 1.29 is 23.5 Å². The number of hydrogen-bond acceptors (Lipinski definition) is 4. The van der Waals surface area contributed by atoms with E-state index in [1.807, 2.05) is 0 Å². The Bertz CT molecular complexity index is 773. The first-order chi connectivity index (χ1) is 10.6. The van der Waals surface area contributed by atoms with Gasteiger partial charge < -0.3 is 14.4 Å². The molecule has 0 radical (unpaired) electrons. The number of amides is 1. The molecule has 1 aromatic carbocycles. The molecule has 0 fully saturated rings. The van der Waals surface area contributed by atoms with E-state index in [1.54, 1.807) is 6.07 Å².